The maximum absolute atomic E-state index is 11.1. The Morgan fingerprint density at radius 3 is 2.50 bits per heavy atom. The summed E-state index contributed by atoms with van der Waals surface area (Å²) < 4.78 is 5.39. The number of carbonyl (C=O) groups excluding carboxylic acids is 1. The van der Waals surface area contributed by atoms with Gasteiger partial charge in [-0.15, -0.1) is 0 Å². The summed E-state index contributed by atoms with van der Waals surface area (Å²) in [7, 11) is 0. The molecule has 2 rings (SSSR count). The third kappa shape index (κ3) is 2.40. The van der Waals surface area contributed by atoms with Crippen LogP contribution >= 0.6 is 11.8 Å². The maximum atomic E-state index is 11.1. The molecular formula is C13H16O2S. The minimum absolute atomic E-state index is 0.0300. The number of ether oxygens (including phenoxy) is 1. The molecule has 16 heavy (non-hydrogen) atoms. The zero-order chi connectivity index (χ0) is 11.5. The quantitative estimate of drug-likeness (QED) is 0.738. The molecule has 0 aromatic heterocycles. The Hall–Kier alpha value is -0.960. The van der Waals surface area contributed by atoms with Gasteiger partial charge in [-0.1, -0.05) is 24.3 Å². The van der Waals surface area contributed by atoms with Crippen molar-refractivity contribution >= 4 is 17.7 Å². The van der Waals surface area contributed by atoms with Crippen LogP contribution < -0.4 is 0 Å². The van der Waals surface area contributed by atoms with Gasteiger partial charge < -0.3 is 4.74 Å². The van der Waals surface area contributed by atoms with E-state index >= 15 is 0 Å². The lowest BCUT2D eigenvalue weighted by molar-refractivity contribution is -0.146. The maximum Gasteiger partial charge on any atom is 0.302 e. The van der Waals surface area contributed by atoms with Crippen LogP contribution in [0.25, 0.3) is 0 Å². The summed E-state index contributed by atoms with van der Waals surface area (Å²) in [6.07, 6.45) is 3.95. The SMILES string of the molecule is CSC1Cc2ccccc2CC1OC(C)=O. The van der Waals surface area contributed by atoms with E-state index in [1.54, 1.807) is 11.8 Å². The first-order valence-electron chi connectivity index (χ1n) is 5.47. The molecule has 1 aliphatic rings. The molecule has 0 spiro atoms. The topological polar surface area (TPSA) is 26.3 Å². The van der Waals surface area contributed by atoms with E-state index in [9.17, 15) is 4.79 Å². The van der Waals surface area contributed by atoms with Gasteiger partial charge in [-0.3, -0.25) is 4.79 Å². The van der Waals surface area contributed by atoms with Crippen molar-refractivity contribution in [2.45, 2.75) is 31.1 Å². The third-order valence-electron chi connectivity index (χ3n) is 3.00. The van der Waals surface area contributed by atoms with Crippen molar-refractivity contribution in [2.24, 2.45) is 0 Å². The standard InChI is InChI=1S/C13H16O2S/c1-9(14)15-12-7-10-5-3-4-6-11(10)8-13(12)16-2/h3-6,12-13H,7-8H2,1-2H3. The summed E-state index contributed by atoms with van der Waals surface area (Å²) in [6.45, 7) is 1.48. The van der Waals surface area contributed by atoms with Gasteiger partial charge in [0.1, 0.15) is 6.10 Å². The molecule has 86 valence electrons. The van der Waals surface area contributed by atoms with E-state index in [0.717, 1.165) is 12.8 Å². The number of carbonyl (C=O) groups is 1. The number of thioether (sulfide) groups is 1. The van der Waals surface area contributed by atoms with Gasteiger partial charge in [0.05, 0.1) is 0 Å². The molecule has 0 amide bonds. The summed E-state index contributed by atoms with van der Waals surface area (Å²) in [5.41, 5.74) is 2.71. The highest BCUT2D eigenvalue weighted by atomic mass is 32.2. The van der Waals surface area contributed by atoms with Gasteiger partial charge in [0, 0.05) is 18.6 Å². The fourth-order valence-corrected chi connectivity index (χ4v) is 3.02. The average Bonchev–Trinajstić information content (AvgIpc) is 2.27. The number of hydrogen-bond donors (Lipinski definition) is 0. The summed E-state index contributed by atoms with van der Waals surface area (Å²) in [5, 5.41) is 0.388. The van der Waals surface area contributed by atoms with E-state index in [2.05, 4.69) is 24.5 Å². The second-order valence-electron chi connectivity index (χ2n) is 4.10. The summed E-state index contributed by atoms with van der Waals surface area (Å²) >= 11 is 1.78. The second-order valence-corrected chi connectivity index (χ2v) is 5.18. The Morgan fingerprint density at radius 2 is 1.94 bits per heavy atom. The molecule has 2 atom stereocenters. The number of benzene rings is 1. The highest BCUT2D eigenvalue weighted by Gasteiger charge is 2.29. The van der Waals surface area contributed by atoms with Crippen LogP contribution in [0, 0.1) is 0 Å². The van der Waals surface area contributed by atoms with Gasteiger partial charge in [0.15, 0.2) is 0 Å². The molecule has 2 unspecified atom stereocenters. The first kappa shape index (κ1) is 11.5. The minimum Gasteiger partial charge on any atom is -0.461 e. The minimum atomic E-state index is -0.177. The number of hydrogen-bond acceptors (Lipinski definition) is 3. The predicted octanol–water partition coefficient (Wildman–Crippen LogP) is 2.45. The van der Waals surface area contributed by atoms with Crippen molar-refractivity contribution in [3.63, 3.8) is 0 Å². The normalized spacial score (nSPS) is 23.6. The summed E-state index contributed by atoms with van der Waals surface area (Å²) in [6, 6.07) is 8.41. The lowest BCUT2D eigenvalue weighted by Crippen LogP contribution is -2.36. The molecule has 1 aliphatic carbocycles. The number of esters is 1. The van der Waals surface area contributed by atoms with Crippen molar-refractivity contribution in [2.75, 3.05) is 6.26 Å². The molecule has 0 saturated carbocycles. The van der Waals surface area contributed by atoms with Crippen LogP contribution in [0.15, 0.2) is 24.3 Å². The smallest absolute Gasteiger partial charge is 0.302 e. The van der Waals surface area contributed by atoms with Crippen LogP contribution in [0.2, 0.25) is 0 Å². The Balaban J connectivity index is 2.20. The zero-order valence-corrected chi connectivity index (χ0v) is 10.4. The van der Waals surface area contributed by atoms with E-state index < -0.39 is 0 Å². The molecule has 1 aromatic rings. The lowest BCUT2D eigenvalue weighted by atomic mass is 9.89. The average molecular weight is 236 g/mol. The molecule has 2 nitrogen and oxygen atoms in total. The Labute approximate surface area is 100 Å². The Bertz CT molecular complexity index is 389. The first-order chi connectivity index (χ1) is 7.70. The van der Waals surface area contributed by atoms with Crippen LogP contribution in [0.3, 0.4) is 0 Å². The van der Waals surface area contributed by atoms with Crippen molar-refractivity contribution in [1.29, 1.82) is 0 Å². The second kappa shape index (κ2) is 4.91. The van der Waals surface area contributed by atoms with Crippen LogP contribution in [-0.4, -0.2) is 23.6 Å². The largest absolute Gasteiger partial charge is 0.461 e. The van der Waals surface area contributed by atoms with Crippen molar-refractivity contribution in [1.82, 2.24) is 0 Å². The lowest BCUT2D eigenvalue weighted by Gasteiger charge is -2.31. The van der Waals surface area contributed by atoms with E-state index in [0.29, 0.717) is 5.25 Å². The van der Waals surface area contributed by atoms with Gasteiger partial charge >= 0.3 is 5.97 Å². The van der Waals surface area contributed by atoms with E-state index in [1.165, 1.54) is 18.1 Å². The summed E-state index contributed by atoms with van der Waals surface area (Å²) in [4.78, 5) is 11.1. The molecule has 0 fully saturated rings. The van der Waals surface area contributed by atoms with Crippen molar-refractivity contribution in [3.8, 4) is 0 Å². The van der Waals surface area contributed by atoms with Gasteiger partial charge in [0.2, 0.25) is 0 Å². The van der Waals surface area contributed by atoms with Crippen molar-refractivity contribution in [3.05, 3.63) is 35.4 Å². The highest BCUT2D eigenvalue weighted by molar-refractivity contribution is 7.99. The molecular weight excluding hydrogens is 220 g/mol. The van der Waals surface area contributed by atoms with Crippen LogP contribution in [0.4, 0.5) is 0 Å². The molecule has 3 heteroatoms. The third-order valence-corrected chi connectivity index (χ3v) is 4.07. The zero-order valence-electron chi connectivity index (χ0n) is 9.60. The van der Waals surface area contributed by atoms with E-state index in [1.807, 2.05) is 6.07 Å². The van der Waals surface area contributed by atoms with Crippen LogP contribution in [0.1, 0.15) is 18.1 Å². The van der Waals surface area contributed by atoms with Gasteiger partial charge in [-0.2, -0.15) is 11.8 Å². The molecule has 1 aromatic carbocycles. The first-order valence-corrected chi connectivity index (χ1v) is 6.76. The van der Waals surface area contributed by atoms with Crippen LogP contribution in [-0.2, 0) is 22.4 Å². The molecule has 0 heterocycles. The molecule has 0 aliphatic heterocycles. The Morgan fingerprint density at radius 1 is 1.31 bits per heavy atom. The van der Waals surface area contributed by atoms with Gasteiger partial charge in [-0.25, -0.2) is 0 Å². The number of rotatable bonds is 2. The van der Waals surface area contributed by atoms with Crippen molar-refractivity contribution < 1.29 is 9.53 Å². The van der Waals surface area contributed by atoms with E-state index in [-0.39, 0.29) is 12.1 Å². The highest BCUT2D eigenvalue weighted by Crippen LogP contribution is 2.29. The molecule has 0 saturated heterocycles. The number of fused-ring (bicyclic) bond motifs is 1. The Kier molecular flexibility index (Phi) is 3.54. The monoisotopic (exact) mass is 236 g/mol. The molecule has 0 N–H and O–H groups in total. The van der Waals surface area contributed by atoms with E-state index in [4.69, 9.17) is 4.74 Å². The summed E-state index contributed by atoms with van der Waals surface area (Å²) in [5.74, 6) is -0.177. The molecule has 0 radical (unpaired) electrons. The van der Waals surface area contributed by atoms with Crippen LogP contribution in [0.5, 0.6) is 0 Å². The fraction of sp³-hybridized carbons (Fsp3) is 0.462. The predicted molar refractivity (Wildman–Crippen MR) is 66.7 cm³/mol. The van der Waals surface area contributed by atoms with Gasteiger partial charge in [0.25, 0.3) is 0 Å². The molecule has 0 bridgehead atoms. The van der Waals surface area contributed by atoms with Gasteiger partial charge in [-0.05, 0) is 23.8 Å². The fourth-order valence-electron chi connectivity index (χ4n) is 2.22.